The second-order valence-corrected chi connectivity index (χ2v) is 6.86. The number of aliphatic hydroxyl groups is 1. The smallest absolute Gasteiger partial charge is 0.249 e. The zero-order chi connectivity index (χ0) is 20.8. The number of benzene rings is 1. The van der Waals surface area contributed by atoms with E-state index in [0.29, 0.717) is 29.0 Å². The van der Waals surface area contributed by atoms with Crippen LogP contribution in [0.4, 0.5) is 17.5 Å². The van der Waals surface area contributed by atoms with Crippen molar-refractivity contribution in [1.82, 2.24) is 24.6 Å². The van der Waals surface area contributed by atoms with Gasteiger partial charge in [-0.05, 0) is 5.56 Å². The van der Waals surface area contributed by atoms with Crippen LogP contribution in [0.3, 0.4) is 0 Å². The standard InChI is InChI=1S/C19H22ClN7O2/c1-26(2)18(29)16(13-6-4-3-5-7-13)24-17-15(20)11-21-19(25-17)23-14-10-22-27(12-14)8-9-28/h3-7,10-12,16,28H,8-9H2,1-2H3,(H2,21,23,24,25). The summed E-state index contributed by atoms with van der Waals surface area (Å²) >= 11 is 6.28. The van der Waals surface area contributed by atoms with Crippen molar-refractivity contribution >= 4 is 35.0 Å². The van der Waals surface area contributed by atoms with Gasteiger partial charge in [0.2, 0.25) is 11.9 Å². The van der Waals surface area contributed by atoms with Crippen molar-refractivity contribution in [3.05, 3.63) is 59.5 Å². The maximum absolute atomic E-state index is 12.7. The molecule has 0 aliphatic carbocycles. The predicted octanol–water partition coefficient (Wildman–Crippen LogP) is 2.30. The zero-order valence-corrected chi connectivity index (χ0v) is 16.8. The molecule has 1 atom stereocenters. The van der Waals surface area contributed by atoms with Gasteiger partial charge in [-0.2, -0.15) is 10.1 Å². The molecule has 0 saturated carbocycles. The van der Waals surface area contributed by atoms with E-state index in [1.807, 2.05) is 30.3 Å². The van der Waals surface area contributed by atoms with Crippen LogP contribution < -0.4 is 10.6 Å². The molecule has 9 nitrogen and oxygen atoms in total. The van der Waals surface area contributed by atoms with Crippen molar-refractivity contribution in [2.75, 3.05) is 31.3 Å². The maximum Gasteiger partial charge on any atom is 0.249 e. The van der Waals surface area contributed by atoms with Crippen LogP contribution in [-0.2, 0) is 11.3 Å². The van der Waals surface area contributed by atoms with E-state index < -0.39 is 6.04 Å². The van der Waals surface area contributed by atoms with Crippen LogP contribution in [0.2, 0.25) is 5.02 Å². The first-order valence-corrected chi connectivity index (χ1v) is 9.31. The van der Waals surface area contributed by atoms with Crippen LogP contribution in [0.1, 0.15) is 11.6 Å². The number of nitrogens with zero attached hydrogens (tertiary/aromatic N) is 5. The normalized spacial score (nSPS) is 11.7. The van der Waals surface area contributed by atoms with Gasteiger partial charge in [-0.25, -0.2) is 4.98 Å². The summed E-state index contributed by atoms with van der Waals surface area (Å²) in [5.74, 6) is 0.492. The molecule has 1 unspecified atom stereocenters. The monoisotopic (exact) mass is 415 g/mol. The topological polar surface area (TPSA) is 108 Å². The molecule has 0 bridgehead atoms. The SMILES string of the molecule is CN(C)C(=O)C(Nc1nc(Nc2cnn(CCO)c2)ncc1Cl)c1ccccc1. The van der Waals surface area contributed by atoms with Gasteiger partial charge in [-0.1, -0.05) is 41.9 Å². The van der Waals surface area contributed by atoms with Crippen LogP contribution >= 0.6 is 11.6 Å². The van der Waals surface area contributed by atoms with E-state index in [9.17, 15) is 4.79 Å². The summed E-state index contributed by atoms with van der Waals surface area (Å²) < 4.78 is 1.60. The van der Waals surface area contributed by atoms with E-state index in [-0.39, 0.29) is 12.5 Å². The van der Waals surface area contributed by atoms with E-state index in [2.05, 4.69) is 25.7 Å². The number of likely N-dealkylation sites (N-methyl/N-ethyl adjacent to an activating group) is 1. The quantitative estimate of drug-likeness (QED) is 0.518. The number of rotatable bonds is 8. The Kier molecular flexibility index (Phi) is 6.63. The number of nitrogens with one attached hydrogen (secondary N) is 2. The van der Waals surface area contributed by atoms with Crippen LogP contribution in [0.5, 0.6) is 0 Å². The van der Waals surface area contributed by atoms with E-state index in [4.69, 9.17) is 16.7 Å². The first-order valence-electron chi connectivity index (χ1n) is 8.93. The first kappa shape index (κ1) is 20.6. The van der Waals surface area contributed by atoms with Gasteiger partial charge in [-0.15, -0.1) is 0 Å². The lowest BCUT2D eigenvalue weighted by molar-refractivity contribution is -0.129. The molecule has 152 valence electrons. The van der Waals surface area contributed by atoms with Crippen molar-refractivity contribution in [1.29, 1.82) is 0 Å². The van der Waals surface area contributed by atoms with Gasteiger partial charge in [0.15, 0.2) is 5.82 Å². The Labute approximate surface area is 173 Å². The molecule has 29 heavy (non-hydrogen) atoms. The average Bonchev–Trinajstić information content (AvgIpc) is 3.15. The third kappa shape index (κ3) is 5.21. The molecular weight excluding hydrogens is 394 g/mol. The summed E-state index contributed by atoms with van der Waals surface area (Å²) in [6.07, 6.45) is 4.78. The minimum Gasteiger partial charge on any atom is -0.394 e. The van der Waals surface area contributed by atoms with Gasteiger partial charge >= 0.3 is 0 Å². The molecule has 3 N–H and O–H groups in total. The van der Waals surface area contributed by atoms with Gasteiger partial charge in [0.25, 0.3) is 0 Å². The summed E-state index contributed by atoms with van der Waals surface area (Å²) in [6, 6.07) is 8.69. The molecule has 1 amide bonds. The third-order valence-corrected chi connectivity index (χ3v) is 4.34. The number of carbonyl (C=O) groups excluding carboxylic acids is 1. The van der Waals surface area contributed by atoms with Crippen molar-refractivity contribution in [3.8, 4) is 0 Å². The number of aromatic nitrogens is 4. The average molecular weight is 416 g/mol. The van der Waals surface area contributed by atoms with Gasteiger partial charge in [0.1, 0.15) is 11.1 Å². The van der Waals surface area contributed by atoms with Crippen molar-refractivity contribution in [2.24, 2.45) is 0 Å². The molecule has 1 aromatic carbocycles. The van der Waals surface area contributed by atoms with Gasteiger partial charge in [-0.3, -0.25) is 9.48 Å². The zero-order valence-electron chi connectivity index (χ0n) is 16.1. The number of hydrogen-bond donors (Lipinski definition) is 3. The maximum atomic E-state index is 12.7. The lowest BCUT2D eigenvalue weighted by atomic mass is 10.1. The Morgan fingerprint density at radius 1 is 1.28 bits per heavy atom. The third-order valence-electron chi connectivity index (χ3n) is 4.06. The summed E-state index contributed by atoms with van der Waals surface area (Å²) in [7, 11) is 3.39. The second-order valence-electron chi connectivity index (χ2n) is 6.45. The molecule has 0 aliphatic heterocycles. The Bertz CT molecular complexity index is 962. The highest BCUT2D eigenvalue weighted by molar-refractivity contribution is 6.32. The number of anilines is 3. The Morgan fingerprint density at radius 3 is 2.72 bits per heavy atom. The molecular formula is C19H22ClN7O2. The van der Waals surface area contributed by atoms with Gasteiger partial charge in [0, 0.05) is 20.3 Å². The van der Waals surface area contributed by atoms with Crippen molar-refractivity contribution in [3.63, 3.8) is 0 Å². The van der Waals surface area contributed by atoms with E-state index in [0.717, 1.165) is 5.56 Å². The predicted molar refractivity (Wildman–Crippen MR) is 111 cm³/mol. The van der Waals surface area contributed by atoms with Gasteiger partial charge in [0.05, 0.1) is 31.2 Å². The second kappa shape index (κ2) is 9.35. The van der Waals surface area contributed by atoms with Crippen LogP contribution in [-0.4, -0.2) is 56.4 Å². The van der Waals surface area contributed by atoms with E-state index >= 15 is 0 Å². The number of hydrogen-bond acceptors (Lipinski definition) is 7. The summed E-state index contributed by atoms with van der Waals surface area (Å²) in [4.78, 5) is 22.8. The lowest BCUT2D eigenvalue weighted by Gasteiger charge is -2.23. The fraction of sp³-hybridized carbons (Fsp3) is 0.263. The van der Waals surface area contributed by atoms with Gasteiger partial charge < -0.3 is 20.6 Å². The summed E-state index contributed by atoms with van der Waals surface area (Å²) in [6.45, 7) is 0.384. The number of halogens is 1. The highest BCUT2D eigenvalue weighted by Gasteiger charge is 2.23. The molecule has 2 heterocycles. The summed E-state index contributed by atoms with van der Waals surface area (Å²) in [5.41, 5.74) is 1.45. The molecule has 0 radical (unpaired) electrons. The van der Waals surface area contributed by atoms with Crippen LogP contribution in [0.15, 0.2) is 48.9 Å². The highest BCUT2D eigenvalue weighted by Crippen LogP contribution is 2.26. The van der Waals surface area contributed by atoms with Crippen LogP contribution in [0.25, 0.3) is 0 Å². The fourth-order valence-corrected chi connectivity index (χ4v) is 2.78. The fourth-order valence-electron chi connectivity index (χ4n) is 2.64. The molecule has 0 spiro atoms. The molecule has 3 aromatic rings. The van der Waals surface area contributed by atoms with E-state index in [1.54, 1.807) is 31.2 Å². The first-order chi connectivity index (χ1) is 14.0. The Balaban J connectivity index is 1.84. The van der Waals surface area contributed by atoms with Crippen molar-refractivity contribution in [2.45, 2.75) is 12.6 Å². The largest absolute Gasteiger partial charge is 0.394 e. The van der Waals surface area contributed by atoms with Crippen molar-refractivity contribution < 1.29 is 9.90 Å². The minimum atomic E-state index is -0.654. The molecule has 0 saturated heterocycles. The molecule has 10 heteroatoms. The molecule has 2 aromatic heterocycles. The van der Waals surface area contributed by atoms with Crippen LogP contribution in [0, 0.1) is 0 Å². The molecule has 3 rings (SSSR count). The Hall–Kier alpha value is -3.17. The minimum absolute atomic E-state index is 0.00654. The molecule has 0 fully saturated rings. The Morgan fingerprint density at radius 2 is 2.03 bits per heavy atom. The molecule has 0 aliphatic rings. The number of aliphatic hydroxyl groups excluding tert-OH is 1. The lowest BCUT2D eigenvalue weighted by Crippen LogP contribution is -2.33. The number of amides is 1. The van der Waals surface area contributed by atoms with E-state index in [1.165, 1.54) is 11.1 Å². The summed E-state index contributed by atoms with van der Waals surface area (Å²) in [5, 5.41) is 19.6. The number of carbonyl (C=O) groups is 1. The highest BCUT2D eigenvalue weighted by atomic mass is 35.5.